The quantitative estimate of drug-likeness (QED) is 0.487. The summed E-state index contributed by atoms with van der Waals surface area (Å²) in [6.45, 7) is 8.52. The van der Waals surface area contributed by atoms with Gasteiger partial charge in [0.1, 0.15) is 11.5 Å². The average molecular weight is 455 g/mol. The zero-order valence-electron chi connectivity index (χ0n) is 19.0. The van der Waals surface area contributed by atoms with Crippen LogP contribution in [-0.2, 0) is 11.3 Å². The molecule has 1 aliphatic rings. The fourth-order valence-electron chi connectivity index (χ4n) is 4.34. The van der Waals surface area contributed by atoms with Crippen molar-refractivity contribution in [3.63, 3.8) is 0 Å². The van der Waals surface area contributed by atoms with Gasteiger partial charge in [0.2, 0.25) is 5.91 Å². The van der Waals surface area contributed by atoms with Gasteiger partial charge in [0.25, 0.3) is 0 Å². The number of nitrogens with zero attached hydrogens (tertiary/aromatic N) is 4. The van der Waals surface area contributed by atoms with Gasteiger partial charge in [-0.05, 0) is 61.6 Å². The molecule has 3 unspecified atom stereocenters. The third kappa shape index (κ3) is 5.01. The van der Waals surface area contributed by atoms with E-state index >= 15 is 0 Å². The van der Waals surface area contributed by atoms with Crippen molar-refractivity contribution in [1.29, 1.82) is 0 Å². The summed E-state index contributed by atoms with van der Waals surface area (Å²) in [6, 6.07) is 11.5. The number of thioether (sulfide) groups is 1. The summed E-state index contributed by atoms with van der Waals surface area (Å²) in [5, 5.41) is 9.35. The van der Waals surface area contributed by atoms with Crippen LogP contribution in [0.25, 0.3) is 11.4 Å². The molecule has 0 spiro atoms. The van der Waals surface area contributed by atoms with Crippen molar-refractivity contribution < 1.29 is 13.9 Å². The van der Waals surface area contributed by atoms with Gasteiger partial charge in [-0.15, -0.1) is 10.2 Å². The van der Waals surface area contributed by atoms with Gasteiger partial charge in [-0.3, -0.25) is 9.36 Å². The van der Waals surface area contributed by atoms with Gasteiger partial charge in [-0.25, -0.2) is 0 Å². The average Bonchev–Trinajstić information content (AvgIpc) is 3.43. The topological polar surface area (TPSA) is 73.4 Å². The number of carbonyl (C=O) groups excluding carboxylic acids is 1. The normalized spacial score (nSPS) is 19.7. The Bertz CT molecular complexity index is 1020. The number of carbonyl (C=O) groups is 1. The SMILES string of the molecule is COc1ccc(-c2nnc(SC(C)C(=O)N3CC(C)CC(C)C3)n2Cc2ccco2)cc1. The third-order valence-corrected chi connectivity index (χ3v) is 6.84. The van der Waals surface area contributed by atoms with Crippen LogP contribution in [0, 0.1) is 11.8 Å². The molecular weight excluding hydrogens is 424 g/mol. The number of amides is 1. The van der Waals surface area contributed by atoms with Gasteiger partial charge in [0, 0.05) is 18.7 Å². The smallest absolute Gasteiger partial charge is 0.235 e. The Labute approximate surface area is 193 Å². The molecule has 3 atom stereocenters. The molecule has 0 radical (unpaired) electrons. The summed E-state index contributed by atoms with van der Waals surface area (Å²) in [7, 11) is 1.64. The lowest BCUT2D eigenvalue weighted by Gasteiger charge is -2.36. The number of piperidine rings is 1. The molecule has 8 heteroatoms. The number of aromatic nitrogens is 3. The summed E-state index contributed by atoms with van der Waals surface area (Å²) in [5.74, 6) is 3.54. The van der Waals surface area contributed by atoms with Gasteiger partial charge >= 0.3 is 0 Å². The number of methoxy groups -OCH3 is 1. The molecule has 2 aromatic heterocycles. The van der Waals surface area contributed by atoms with E-state index < -0.39 is 0 Å². The van der Waals surface area contributed by atoms with Crippen molar-refractivity contribution in [2.75, 3.05) is 20.2 Å². The second-order valence-corrected chi connectivity index (χ2v) is 9.96. The van der Waals surface area contributed by atoms with E-state index in [-0.39, 0.29) is 11.2 Å². The molecule has 170 valence electrons. The van der Waals surface area contributed by atoms with Gasteiger partial charge in [-0.2, -0.15) is 0 Å². The molecular formula is C24H30N4O3S. The molecule has 3 aromatic rings. The number of rotatable bonds is 7. The van der Waals surface area contributed by atoms with Crippen molar-refractivity contribution in [3.05, 3.63) is 48.4 Å². The largest absolute Gasteiger partial charge is 0.497 e. The third-order valence-electron chi connectivity index (χ3n) is 5.77. The maximum atomic E-state index is 13.2. The van der Waals surface area contributed by atoms with Gasteiger partial charge in [0.05, 0.1) is 25.2 Å². The standard InChI is InChI=1S/C24H30N4O3S/c1-16-12-17(2)14-27(13-16)23(29)18(3)32-24-26-25-22(19-7-9-20(30-4)10-8-19)28(24)15-21-6-5-11-31-21/h5-11,16-18H,12-15H2,1-4H3. The summed E-state index contributed by atoms with van der Waals surface area (Å²) in [4.78, 5) is 15.2. The first-order valence-corrected chi connectivity index (χ1v) is 11.9. The van der Waals surface area contributed by atoms with Crippen LogP contribution >= 0.6 is 11.8 Å². The van der Waals surface area contributed by atoms with Gasteiger partial charge < -0.3 is 14.1 Å². The molecule has 7 nitrogen and oxygen atoms in total. The molecule has 0 saturated carbocycles. The predicted octanol–water partition coefficient (Wildman–Crippen LogP) is 4.58. The van der Waals surface area contributed by atoms with Crippen molar-refractivity contribution in [1.82, 2.24) is 19.7 Å². The Morgan fingerprint density at radius 3 is 2.53 bits per heavy atom. The first-order chi connectivity index (χ1) is 15.4. The summed E-state index contributed by atoms with van der Waals surface area (Å²) in [6.07, 6.45) is 2.83. The lowest BCUT2D eigenvalue weighted by Crippen LogP contribution is -2.45. The zero-order chi connectivity index (χ0) is 22.7. The molecule has 32 heavy (non-hydrogen) atoms. The van der Waals surface area contributed by atoms with Crippen LogP contribution in [0.5, 0.6) is 5.75 Å². The summed E-state index contributed by atoms with van der Waals surface area (Å²) < 4.78 is 12.9. The number of hydrogen-bond acceptors (Lipinski definition) is 6. The van der Waals surface area contributed by atoms with E-state index in [0.717, 1.165) is 36.0 Å². The van der Waals surface area contributed by atoms with E-state index in [1.54, 1.807) is 13.4 Å². The minimum atomic E-state index is -0.254. The maximum absolute atomic E-state index is 13.2. The molecule has 1 saturated heterocycles. The second-order valence-electron chi connectivity index (χ2n) is 8.65. The minimum absolute atomic E-state index is 0.159. The summed E-state index contributed by atoms with van der Waals surface area (Å²) in [5.41, 5.74) is 0.925. The van der Waals surface area contributed by atoms with E-state index in [1.165, 1.54) is 18.2 Å². The van der Waals surface area contributed by atoms with E-state index in [0.29, 0.717) is 23.5 Å². The van der Waals surface area contributed by atoms with Crippen molar-refractivity contribution in [3.8, 4) is 17.1 Å². The highest BCUT2D eigenvalue weighted by Crippen LogP contribution is 2.31. The van der Waals surface area contributed by atoms with Crippen LogP contribution < -0.4 is 4.74 Å². The number of benzene rings is 1. The van der Waals surface area contributed by atoms with Crippen LogP contribution in [0.15, 0.2) is 52.2 Å². The highest BCUT2D eigenvalue weighted by molar-refractivity contribution is 8.00. The number of furan rings is 1. The van der Waals surface area contributed by atoms with Crippen LogP contribution in [0.2, 0.25) is 0 Å². The zero-order valence-corrected chi connectivity index (χ0v) is 19.8. The Balaban J connectivity index is 1.58. The van der Waals surface area contributed by atoms with Crippen LogP contribution in [-0.4, -0.2) is 51.0 Å². The highest BCUT2D eigenvalue weighted by Gasteiger charge is 2.30. The van der Waals surface area contributed by atoms with E-state index in [1.807, 2.05) is 52.8 Å². The number of ether oxygens (including phenoxy) is 1. The molecule has 0 aliphatic carbocycles. The highest BCUT2D eigenvalue weighted by atomic mass is 32.2. The van der Waals surface area contributed by atoms with E-state index in [2.05, 4.69) is 24.0 Å². The fraction of sp³-hybridized carbons (Fsp3) is 0.458. The molecule has 1 aliphatic heterocycles. The Morgan fingerprint density at radius 2 is 1.91 bits per heavy atom. The second kappa shape index (κ2) is 9.81. The number of hydrogen-bond donors (Lipinski definition) is 0. The predicted molar refractivity (Wildman–Crippen MR) is 125 cm³/mol. The first-order valence-electron chi connectivity index (χ1n) is 11.0. The Hall–Kier alpha value is -2.74. The molecule has 0 N–H and O–H groups in total. The van der Waals surface area contributed by atoms with Gasteiger partial charge in [-0.1, -0.05) is 25.6 Å². The van der Waals surface area contributed by atoms with Crippen LogP contribution in [0.1, 0.15) is 33.0 Å². The molecule has 1 fully saturated rings. The Morgan fingerprint density at radius 1 is 1.19 bits per heavy atom. The molecule has 1 aromatic carbocycles. The first kappa shape index (κ1) is 22.5. The van der Waals surface area contributed by atoms with Crippen molar-refractivity contribution >= 4 is 17.7 Å². The maximum Gasteiger partial charge on any atom is 0.235 e. The van der Waals surface area contributed by atoms with Crippen molar-refractivity contribution in [2.24, 2.45) is 11.8 Å². The lowest BCUT2D eigenvalue weighted by atomic mass is 9.92. The fourth-order valence-corrected chi connectivity index (χ4v) is 5.27. The molecule has 4 rings (SSSR count). The Kier molecular flexibility index (Phi) is 6.89. The molecule has 1 amide bonds. The lowest BCUT2D eigenvalue weighted by molar-refractivity contribution is -0.132. The van der Waals surface area contributed by atoms with E-state index in [4.69, 9.17) is 9.15 Å². The summed E-state index contributed by atoms with van der Waals surface area (Å²) >= 11 is 1.45. The minimum Gasteiger partial charge on any atom is -0.497 e. The monoisotopic (exact) mass is 454 g/mol. The van der Waals surface area contributed by atoms with Crippen LogP contribution in [0.3, 0.4) is 0 Å². The number of likely N-dealkylation sites (tertiary alicyclic amines) is 1. The van der Waals surface area contributed by atoms with Crippen molar-refractivity contribution in [2.45, 2.75) is 44.1 Å². The molecule has 3 heterocycles. The molecule has 0 bridgehead atoms. The van der Waals surface area contributed by atoms with E-state index in [9.17, 15) is 4.79 Å². The van der Waals surface area contributed by atoms with Crippen LogP contribution in [0.4, 0.5) is 0 Å². The van der Waals surface area contributed by atoms with Gasteiger partial charge in [0.15, 0.2) is 11.0 Å².